The highest BCUT2D eigenvalue weighted by Gasteiger charge is 2.26. The molecule has 30 heavy (non-hydrogen) atoms. The molecule has 1 unspecified atom stereocenters. The molecule has 0 bridgehead atoms. The molecule has 0 aliphatic heterocycles. The van der Waals surface area contributed by atoms with Crippen molar-refractivity contribution in [1.29, 1.82) is 0 Å². The van der Waals surface area contributed by atoms with Gasteiger partial charge in [0.05, 0.1) is 29.5 Å². The standard InChI is InChI=1S/C22H28N2O4S2/c1-7-28-18-10-13-21-20(14-18)22(29-16(3)23(4)5)15(2)24(21)30(25,26)19-11-8-17(27-6)9-12-19/h8-14,16H,7H2,1-6H3. The lowest BCUT2D eigenvalue weighted by Crippen LogP contribution is -2.21. The topological polar surface area (TPSA) is 60.8 Å². The summed E-state index contributed by atoms with van der Waals surface area (Å²) in [6.45, 7) is 6.42. The molecule has 0 spiro atoms. The zero-order chi connectivity index (χ0) is 22.1. The first-order chi connectivity index (χ1) is 14.2. The molecule has 1 aromatic heterocycles. The fourth-order valence-electron chi connectivity index (χ4n) is 3.19. The second-order valence-corrected chi connectivity index (χ2v) is 10.3. The van der Waals surface area contributed by atoms with Gasteiger partial charge in [0.15, 0.2) is 0 Å². The van der Waals surface area contributed by atoms with E-state index in [9.17, 15) is 8.42 Å². The van der Waals surface area contributed by atoms with Crippen molar-refractivity contribution in [3.8, 4) is 11.5 Å². The van der Waals surface area contributed by atoms with Gasteiger partial charge in [-0.25, -0.2) is 12.4 Å². The van der Waals surface area contributed by atoms with Crippen LogP contribution in [0.3, 0.4) is 0 Å². The average Bonchev–Trinajstić information content (AvgIpc) is 2.99. The van der Waals surface area contributed by atoms with Gasteiger partial charge in [0.2, 0.25) is 0 Å². The van der Waals surface area contributed by atoms with Crippen molar-refractivity contribution in [2.24, 2.45) is 0 Å². The van der Waals surface area contributed by atoms with Gasteiger partial charge in [0.1, 0.15) is 11.5 Å². The number of fused-ring (bicyclic) bond motifs is 1. The zero-order valence-electron chi connectivity index (χ0n) is 18.2. The molecule has 1 atom stereocenters. The molecule has 0 radical (unpaired) electrons. The smallest absolute Gasteiger partial charge is 0.268 e. The molecular weight excluding hydrogens is 420 g/mol. The molecule has 1 heterocycles. The molecule has 0 aliphatic carbocycles. The zero-order valence-corrected chi connectivity index (χ0v) is 19.8. The lowest BCUT2D eigenvalue weighted by molar-refractivity contribution is 0.340. The minimum Gasteiger partial charge on any atom is -0.497 e. The number of ether oxygens (including phenoxy) is 2. The van der Waals surface area contributed by atoms with Crippen LogP contribution in [0.4, 0.5) is 0 Å². The quantitative estimate of drug-likeness (QED) is 0.371. The number of rotatable bonds is 8. The summed E-state index contributed by atoms with van der Waals surface area (Å²) < 4.78 is 39.4. The lowest BCUT2D eigenvalue weighted by atomic mass is 10.2. The Morgan fingerprint density at radius 2 is 1.73 bits per heavy atom. The Bertz CT molecular complexity index is 1140. The Labute approximate surface area is 182 Å². The van der Waals surface area contributed by atoms with Crippen LogP contribution in [0.2, 0.25) is 0 Å². The first-order valence-electron chi connectivity index (χ1n) is 9.71. The summed E-state index contributed by atoms with van der Waals surface area (Å²) in [4.78, 5) is 3.25. The third kappa shape index (κ3) is 4.17. The predicted molar refractivity (Wildman–Crippen MR) is 122 cm³/mol. The summed E-state index contributed by atoms with van der Waals surface area (Å²) in [5.74, 6) is 1.34. The van der Waals surface area contributed by atoms with Crippen LogP contribution in [0, 0.1) is 6.92 Å². The van der Waals surface area contributed by atoms with Crippen LogP contribution in [-0.2, 0) is 10.0 Å². The van der Waals surface area contributed by atoms with Crippen molar-refractivity contribution in [2.45, 2.75) is 35.9 Å². The fraction of sp³-hybridized carbons (Fsp3) is 0.364. The SMILES string of the molecule is CCOc1ccc2c(c1)c(SC(C)N(C)C)c(C)n2S(=O)(=O)c1ccc(OC)cc1. The maximum atomic E-state index is 13.6. The van der Waals surface area contributed by atoms with Gasteiger partial charge in [-0.15, -0.1) is 11.8 Å². The van der Waals surface area contributed by atoms with Crippen LogP contribution >= 0.6 is 11.8 Å². The fourth-order valence-corrected chi connectivity index (χ4v) is 5.91. The van der Waals surface area contributed by atoms with Gasteiger partial charge in [-0.2, -0.15) is 0 Å². The molecule has 162 valence electrons. The van der Waals surface area contributed by atoms with Gasteiger partial charge in [-0.1, -0.05) is 0 Å². The van der Waals surface area contributed by atoms with Gasteiger partial charge in [-0.3, -0.25) is 4.90 Å². The van der Waals surface area contributed by atoms with E-state index in [2.05, 4.69) is 11.8 Å². The van der Waals surface area contributed by atoms with Crippen LogP contribution in [0.25, 0.3) is 10.9 Å². The molecule has 0 fully saturated rings. The second kappa shape index (κ2) is 8.91. The number of benzene rings is 2. The Morgan fingerprint density at radius 3 is 2.30 bits per heavy atom. The highest BCUT2D eigenvalue weighted by Crippen LogP contribution is 2.40. The van der Waals surface area contributed by atoms with E-state index in [-0.39, 0.29) is 10.3 Å². The van der Waals surface area contributed by atoms with E-state index in [0.29, 0.717) is 23.6 Å². The van der Waals surface area contributed by atoms with Crippen molar-refractivity contribution in [2.75, 3.05) is 27.8 Å². The van der Waals surface area contributed by atoms with Crippen molar-refractivity contribution in [3.63, 3.8) is 0 Å². The van der Waals surface area contributed by atoms with Crippen molar-refractivity contribution >= 4 is 32.7 Å². The summed E-state index contributed by atoms with van der Waals surface area (Å²) in [5.41, 5.74) is 1.33. The molecule has 8 heteroatoms. The molecule has 2 aromatic carbocycles. The number of methoxy groups -OCH3 is 1. The third-order valence-corrected chi connectivity index (χ3v) is 8.32. The minimum absolute atomic E-state index is 0.169. The highest BCUT2D eigenvalue weighted by atomic mass is 32.2. The van der Waals surface area contributed by atoms with Crippen LogP contribution in [-0.4, -0.2) is 50.5 Å². The summed E-state index contributed by atoms with van der Waals surface area (Å²) in [6, 6.07) is 12.0. The minimum atomic E-state index is -3.79. The van der Waals surface area contributed by atoms with E-state index in [4.69, 9.17) is 9.47 Å². The van der Waals surface area contributed by atoms with Gasteiger partial charge in [0.25, 0.3) is 10.0 Å². The van der Waals surface area contributed by atoms with Crippen LogP contribution in [0.1, 0.15) is 19.5 Å². The van der Waals surface area contributed by atoms with Gasteiger partial charge in [0, 0.05) is 16.0 Å². The number of thioether (sulfide) groups is 1. The van der Waals surface area contributed by atoms with Gasteiger partial charge < -0.3 is 9.47 Å². The number of aromatic nitrogens is 1. The van der Waals surface area contributed by atoms with Crippen LogP contribution in [0.15, 0.2) is 52.3 Å². The number of hydrogen-bond donors (Lipinski definition) is 0. The Hall–Kier alpha value is -2.16. The monoisotopic (exact) mass is 448 g/mol. The largest absolute Gasteiger partial charge is 0.497 e. The van der Waals surface area contributed by atoms with Crippen LogP contribution in [0.5, 0.6) is 11.5 Å². The second-order valence-electron chi connectivity index (χ2n) is 7.15. The molecule has 0 aliphatic rings. The van der Waals surface area contributed by atoms with Crippen LogP contribution < -0.4 is 9.47 Å². The normalized spacial score (nSPS) is 13.0. The van der Waals surface area contributed by atoms with E-state index >= 15 is 0 Å². The molecule has 3 aromatic rings. The Morgan fingerprint density at radius 1 is 1.10 bits per heavy atom. The average molecular weight is 449 g/mol. The Balaban J connectivity index is 2.24. The maximum Gasteiger partial charge on any atom is 0.268 e. The van der Waals surface area contributed by atoms with E-state index in [0.717, 1.165) is 16.0 Å². The van der Waals surface area contributed by atoms with Gasteiger partial charge in [-0.05, 0) is 77.3 Å². The Kier molecular flexibility index (Phi) is 6.69. The highest BCUT2D eigenvalue weighted by molar-refractivity contribution is 8.00. The molecule has 0 amide bonds. The summed E-state index contributed by atoms with van der Waals surface area (Å²) in [5, 5.41) is 1.04. The summed E-state index contributed by atoms with van der Waals surface area (Å²) >= 11 is 1.64. The number of hydrogen-bond acceptors (Lipinski definition) is 6. The number of nitrogens with zero attached hydrogens (tertiary/aromatic N) is 2. The molecular formula is C22H28N2O4S2. The van der Waals surface area contributed by atoms with Gasteiger partial charge >= 0.3 is 0 Å². The molecule has 3 rings (SSSR count). The van der Waals surface area contributed by atoms with E-state index in [1.54, 1.807) is 43.1 Å². The first-order valence-corrected chi connectivity index (χ1v) is 12.0. The van der Waals surface area contributed by atoms with Crippen molar-refractivity contribution in [1.82, 2.24) is 8.87 Å². The molecule has 0 N–H and O–H groups in total. The van der Waals surface area contributed by atoms with E-state index in [1.165, 1.54) is 3.97 Å². The lowest BCUT2D eigenvalue weighted by Gasteiger charge is -2.19. The molecule has 6 nitrogen and oxygen atoms in total. The third-order valence-electron chi connectivity index (χ3n) is 4.99. The van der Waals surface area contributed by atoms with E-state index < -0.39 is 10.0 Å². The summed E-state index contributed by atoms with van der Waals surface area (Å²) in [7, 11) is 1.78. The molecule has 0 saturated carbocycles. The first kappa shape index (κ1) is 22.5. The predicted octanol–water partition coefficient (Wildman–Crippen LogP) is 4.59. The van der Waals surface area contributed by atoms with E-state index in [1.807, 2.05) is 46.1 Å². The van der Waals surface area contributed by atoms with Crippen molar-refractivity contribution < 1.29 is 17.9 Å². The van der Waals surface area contributed by atoms with Crippen molar-refractivity contribution in [3.05, 3.63) is 48.2 Å². The maximum absolute atomic E-state index is 13.6. The summed E-state index contributed by atoms with van der Waals surface area (Å²) in [6.07, 6.45) is 0. The molecule has 0 saturated heterocycles.